The predicted molar refractivity (Wildman–Crippen MR) is 155 cm³/mol. The summed E-state index contributed by atoms with van der Waals surface area (Å²) in [6.45, 7) is 8.52. The van der Waals surface area contributed by atoms with Gasteiger partial charge in [-0.25, -0.2) is 0 Å². The molecule has 0 radical (unpaired) electrons. The van der Waals surface area contributed by atoms with Crippen LogP contribution in [0.15, 0.2) is 72.8 Å². The normalized spacial score (nSPS) is 19.4. The standard InChI is InChI=1S/C32H37ClN2O4/c1-21(2)28(34-29(36)24-10-6-8-22(18-24)23-9-7-11-27(19-23)39-5)30(37)35-17-16-32(38,31(3,4)20-35)25-12-14-26(33)15-13-25/h6-15,18-19,21,28,38H,16-17,20H2,1-5H3,(H,34,36)/t28-,32+/m1/s1. The largest absolute Gasteiger partial charge is 0.497 e. The number of rotatable bonds is 7. The molecule has 1 aliphatic heterocycles. The molecule has 1 saturated heterocycles. The van der Waals surface area contributed by atoms with Gasteiger partial charge >= 0.3 is 0 Å². The number of nitrogens with one attached hydrogen (secondary N) is 1. The van der Waals surface area contributed by atoms with Gasteiger partial charge in [-0.05, 0) is 65.4 Å². The summed E-state index contributed by atoms with van der Waals surface area (Å²) >= 11 is 6.06. The highest BCUT2D eigenvalue weighted by atomic mass is 35.5. The number of amides is 2. The fourth-order valence-electron chi connectivity index (χ4n) is 5.35. The molecule has 4 rings (SSSR count). The molecule has 39 heavy (non-hydrogen) atoms. The maximum atomic E-state index is 13.7. The molecule has 0 aliphatic carbocycles. The average Bonchev–Trinajstić information content (AvgIpc) is 2.93. The lowest BCUT2D eigenvalue weighted by molar-refractivity contribution is -0.155. The predicted octanol–water partition coefficient (Wildman–Crippen LogP) is 5.92. The van der Waals surface area contributed by atoms with Crippen LogP contribution >= 0.6 is 11.6 Å². The Kier molecular flexibility index (Phi) is 8.38. The number of hydrogen-bond acceptors (Lipinski definition) is 4. The van der Waals surface area contributed by atoms with Crippen LogP contribution in [0.2, 0.25) is 5.02 Å². The molecule has 2 amide bonds. The Morgan fingerprint density at radius 1 is 1.00 bits per heavy atom. The van der Waals surface area contributed by atoms with E-state index in [2.05, 4.69) is 5.32 Å². The van der Waals surface area contributed by atoms with E-state index in [1.165, 1.54) is 0 Å². The topological polar surface area (TPSA) is 78.9 Å². The van der Waals surface area contributed by atoms with E-state index in [4.69, 9.17) is 16.3 Å². The first-order chi connectivity index (χ1) is 18.4. The fourth-order valence-corrected chi connectivity index (χ4v) is 5.47. The van der Waals surface area contributed by atoms with Gasteiger partial charge in [-0.1, -0.05) is 75.7 Å². The Bertz CT molecular complexity index is 1340. The van der Waals surface area contributed by atoms with Crippen molar-refractivity contribution in [1.82, 2.24) is 10.2 Å². The summed E-state index contributed by atoms with van der Waals surface area (Å²) in [5, 5.41) is 15.3. The lowest BCUT2D eigenvalue weighted by Crippen LogP contribution is -2.60. The molecule has 2 N–H and O–H groups in total. The number of hydrogen-bond donors (Lipinski definition) is 2. The van der Waals surface area contributed by atoms with Gasteiger partial charge in [0.1, 0.15) is 11.8 Å². The van der Waals surface area contributed by atoms with Crippen molar-refractivity contribution < 1.29 is 19.4 Å². The van der Waals surface area contributed by atoms with Crippen LogP contribution in [-0.4, -0.2) is 48.1 Å². The van der Waals surface area contributed by atoms with E-state index < -0.39 is 17.1 Å². The maximum Gasteiger partial charge on any atom is 0.251 e. The Labute approximate surface area is 235 Å². The van der Waals surface area contributed by atoms with Gasteiger partial charge in [0.25, 0.3) is 5.91 Å². The van der Waals surface area contributed by atoms with Gasteiger partial charge in [-0.2, -0.15) is 0 Å². The second kappa shape index (κ2) is 11.4. The first-order valence-corrected chi connectivity index (χ1v) is 13.7. The van der Waals surface area contributed by atoms with E-state index in [0.717, 1.165) is 22.4 Å². The molecular formula is C32H37ClN2O4. The smallest absolute Gasteiger partial charge is 0.251 e. The van der Waals surface area contributed by atoms with Crippen LogP contribution in [-0.2, 0) is 10.4 Å². The third-order valence-electron chi connectivity index (χ3n) is 7.83. The van der Waals surface area contributed by atoms with E-state index in [1.54, 1.807) is 30.2 Å². The molecule has 2 atom stereocenters. The summed E-state index contributed by atoms with van der Waals surface area (Å²) in [5.74, 6) is 0.165. The number of halogens is 1. The van der Waals surface area contributed by atoms with E-state index in [0.29, 0.717) is 30.1 Å². The third kappa shape index (κ3) is 5.97. The van der Waals surface area contributed by atoms with Crippen molar-refractivity contribution in [3.8, 4) is 16.9 Å². The average molecular weight is 549 g/mol. The van der Waals surface area contributed by atoms with E-state index in [9.17, 15) is 14.7 Å². The Morgan fingerprint density at radius 3 is 2.26 bits per heavy atom. The van der Waals surface area contributed by atoms with Crippen LogP contribution in [0.1, 0.15) is 50.0 Å². The van der Waals surface area contributed by atoms with Gasteiger partial charge < -0.3 is 20.1 Å². The van der Waals surface area contributed by atoms with Crippen LogP contribution in [0.25, 0.3) is 11.1 Å². The number of aliphatic hydroxyl groups is 1. The van der Waals surface area contributed by atoms with E-state index >= 15 is 0 Å². The minimum Gasteiger partial charge on any atom is -0.497 e. The van der Waals surface area contributed by atoms with Crippen molar-refractivity contribution >= 4 is 23.4 Å². The molecule has 0 unspecified atom stereocenters. The maximum absolute atomic E-state index is 13.7. The third-order valence-corrected chi connectivity index (χ3v) is 8.08. The summed E-state index contributed by atoms with van der Waals surface area (Å²) in [7, 11) is 1.62. The van der Waals surface area contributed by atoms with E-state index in [1.807, 2.05) is 82.3 Å². The summed E-state index contributed by atoms with van der Waals surface area (Å²) in [6.07, 6.45) is 0.384. The first kappa shape index (κ1) is 28.7. The van der Waals surface area contributed by atoms with Gasteiger partial charge in [0.05, 0.1) is 12.7 Å². The lowest BCUT2D eigenvalue weighted by Gasteiger charge is -2.51. The van der Waals surface area contributed by atoms with Crippen LogP contribution in [0.3, 0.4) is 0 Å². The number of nitrogens with zero attached hydrogens (tertiary/aromatic N) is 1. The minimum absolute atomic E-state index is 0.122. The Hall–Kier alpha value is -3.35. The quantitative estimate of drug-likeness (QED) is 0.384. The van der Waals surface area contributed by atoms with Crippen LogP contribution < -0.4 is 10.1 Å². The molecule has 3 aromatic rings. The second-order valence-electron chi connectivity index (χ2n) is 11.3. The Morgan fingerprint density at radius 2 is 1.64 bits per heavy atom. The molecule has 0 aromatic heterocycles. The van der Waals surface area contributed by atoms with Crippen LogP contribution in [0, 0.1) is 11.3 Å². The van der Waals surface area contributed by atoms with Crippen molar-refractivity contribution in [1.29, 1.82) is 0 Å². The summed E-state index contributed by atoms with van der Waals surface area (Å²) in [6, 6.07) is 21.5. The minimum atomic E-state index is -1.11. The number of benzene rings is 3. The van der Waals surface area contributed by atoms with Crippen LogP contribution in [0.4, 0.5) is 0 Å². The number of carbonyl (C=O) groups excluding carboxylic acids is 2. The SMILES string of the molecule is COc1cccc(-c2cccc(C(=O)N[C@@H](C(=O)N3CC[C@](O)(c4ccc(Cl)cc4)C(C)(C)C3)C(C)C)c2)c1. The highest BCUT2D eigenvalue weighted by Gasteiger charge is 2.50. The zero-order valence-corrected chi connectivity index (χ0v) is 24.0. The van der Waals surface area contributed by atoms with Crippen molar-refractivity contribution in [3.05, 3.63) is 88.9 Å². The molecular weight excluding hydrogens is 512 g/mol. The fraction of sp³-hybridized carbons (Fsp3) is 0.375. The molecule has 0 saturated carbocycles. The Balaban J connectivity index is 1.50. The van der Waals surface area contributed by atoms with Crippen molar-refractivity contribution in [3.63, 3.8) is 0 Å². The van der Waals surface area contributed by atoms with Crippen molar-refractivity contribution in [2.45, 2.75) is 45.8 Å². The molecule has 6 nitrogen and oxygen atoms in total. The second-order valence-corrected chi connectivity index (χ2v) is 11.7. The zero-order valence-electron chi connectivity index (χ0n) is 23.2. The van der Waals surface area contributed by atoms with Crippen LogP contribution in [0.5, 0.6) is 5.75 Å². The number of carbonyl (C=O) groups is 2. The first-order valence-electron chi connectivity index (χ1n) is 13.3. The van der Waals surface area contributed by atoms with Gasteiger partial charge in [0.15, 0.2) is 0 Å². The molecule has 206 valence electrons. The summed E-state index contributed by atoms with van der Waals surface area (Å²) < 4.78 is 5.33. The monoisotopic (exact) mass is 548 g/mol. The van der Waals surface area contributed by atoms with Gasteiger partial charge in [-0.15, -0.1) is 0 Å². The van der Waals surface area contributed by atoms with Gasteiger partial charge in [0, 0.05) is 29.1 Å². The zero-order chi connectivity index (χ0) is 28.4. The van der Waals surface area contributed by atoms with Gasteiger partial charge in [0.2, 0.25) is 5.91 Å². The molecule has 1 fully saturated rings. The number of methoxy groups -OCH3 is 1. The molecule has 1 aliphatic rings. The number of likely N-dealkylation sites (tertiary alicyclic amines) is 1. The molecule has 1 heterocycles. The lowest BCUT2D eigenvalue weighted by atomic mass is 9.66. The van der Waals surface area contributed by atoms with E-state index in [-0.39, 0.29) is 17.7 Å². The summed E-state index contributed by atoms with van der Waals surface area (Å²) in [5.41, 5.74) is 1.35. The highest BCUT2D eigenvalue weighted by Crippen LogP contribution is 2.46. The molecule has 3 aromatic carbocycles. The molecule has 0 bridgehead atoms. The summed E-state index contributed by atoms with van der Waals surface area (Å²) in [4.78, 5) is 28.8. The molecule has 0 spiro atoms. The number of piperidine rings is 1. The van der Waals surface area contributed by atoms with Crippen molar-refractivity contribution in [2.24, 2.45) is 11.3 Å². The van der Waals surface area contributed by atoms with Crippen molar-refractivity contribution in [2.75, 3.05) is 20.2 Å². The highest BCUT2D eigenvalue weighted by molar-refractivity contribution is 6.30. The van der Waals surface area contributed by atoms with Gasteiger partial charge in [-0.3, -0.25) is 9.59 Å². The number of ether oxygens (including phenoxy) is 1. The molecule has 7 heteroatoms.